The van der Waals surface area contributed by atoms with Crippen LogP contribution in [0, 0.1) is 0 Å². The molecule has 1 rings (SSSR count). The summed E-state index contributed by atoms with van der Waals surface area (Å²) in [6.45, 7) is 0. The van der Waals surface area contributed by atoms with Crippen LogP contribution >= 0.6 is 12.6 Å². The average molecular weight is 183 g/mol. The standard InChI is InChI=1S/C8H9NO2S/c9-7(8(10)11)5-2-1-3-6(12)4-5/h1-4,7,12H,9H2,(H,10,11)/t7-/m1/s1. The minimum absolute atomic E-state index is 0.565. The molecule has 0 saturated heterocycles. The number of nitrogens with two attached hydrogens (primary N) is 1. The first-order valence-corrected chi connectivity index (χ1v) is 3.83. The minimum Gasteiger partial charge on any atom is -0.480 e. The van der Waals surface area contributed by atoms with E-state index in [1.807, 2.05) is 0 Å². The summed E-state index contributed by atoms with van der Waals surface area (Å²) < 4.78 is 0. The molecule has 0 aliphatic rings. The van der Waals surface area contributed by atoms with Gasteiger partial charge in [-0.15, -0.1) is 12.6 Å². The fourth-order valence-corrected chi connectivity index (χ4v) is 1.10. The molecule has 0 heterocycles. The molecule has 3 nitrogen and oxygen atoms in total. The molecular weight excluding hydrogens is 174 g/mol. The molecule has 0 amide bonds. The molecule has 1 aromatic rings. The van der Waals surface area contributed by atoms with Gasteiger partial charge in [0.1, 0.15) is 6.04 Å². The number of carboxylic acid groups (broad SMARTS) is 1. The quantitative estimate of drug-likeness (QED) is 0.601. The van der Waals surface area contributed by atoms with Crippen molar-refractivity contribution < 1.29 is 9.90 Å². The highest BCUT2D eigenvalue weighted by Gasteiger charge is 2.13. The molecule has 0 spiro atoms. The van der Waals surface area contributed by atoms with E-state index in [-0.39, 0.29) is 0 Å². The highest BCUT2D eigenvalue weighted by Crippen LogP contribution is 2.14. The second-order valence-electron chi connectivity index (χ2n) is 2.41. The second kappa shape index (κ2) is 3.60. The van der Waals surface area contributed by atoms with Crippen molar-refractivity contribution in [2.45, 2.75) is 10.9 Å². The highest BCUT2D eigenvalue weighted by molar-refractivity contribution is 7.80. The van der Waals surface area contributed by atoms with Crippen LogP contribution in [0.5, 0.6) is 0 Å². The maximum absolute atomic E-state index is 10.5. The van der Waals surface area contributed by atoms with Gasteiger partial charge in [-0.25, -0.2) is 0 Å². The predicted octanol–water partition coefficient (Wildman–Crippen LogP) is 1.06. The van der Waals surface area contributed by atoms with E-state index in [0.717, 1.165) is 0 Å². The van der Waals surface area contributed by atoms with Gasteiger partial charge < -0.3 is 10.8 Å². The fourth-order valence-electron chi connectivity index (χ4n) is 0.861. The maximum Gasteiger partial charge on any atom is 0.325 e. The van der Waals surface area contributed by atoms with Crippen LogP contribution in [0.3, 0.4) is 0 Å². The Labute approximate surface area is 75.6 Å². The molecule has 0 unspecified atom stereocenters. The molecule has 0 aliphatic heterocycles. The van der Waals surface area contributed by atoms with E-state index < -0.39 is 12.0 Å². The van der Waals surface area contributed by atoms with Crippen LogP contribution in [0.4, 0.5) is 0 Å². The molecule has 0 aliphatic carbocycles. The average Bonchev–Trinajstić information content (AvgIpc) is 2.03. The summed E-state index contributed by atoms with van der Waals surface area (Å²) in [7, 11) is 0. The normalized spacial score (nSPS) is 12.5. The molecule has 4 heteroatoms. The Balaban J connectivity index is 2.95. The Morgan fingerprint density at radius 1 is 1.58 bits per heavy atom. The molecule has 0 bridgehead atoms. The zero-order chi connectivity index (χ0) is 9.14. The Bertz CT molecular complexity index is 301. The van der Waals surface area contributed by atoms with Crippen molar-refractivity contribution in [3.05, 3.63) is 29.8 Å². The monoisotopic (exact) mass is 183 g/mol. The third-order valence-electron chi connectivity index (χ3n) is 1.50. The molecule has 0 saturated carbocycles. The van der Waals surface area contributed by atoms with Crippen LogP contribution in [0.1, 0.15) is 11.6 Å². The lowest BCUT2D eigenvalue weighted by molar-refractivity contribution is -0.138. The van der Waals surface area contributed by atoms with Crippen LogP contribution < -0.4 is 5.73 Å². The van der Waals surface area contributed by atoms with Crippen molar-refractivity contribution in [1.29, 1.82) is 0 Å². The summed E-state index contributed by atoms with van der Waals surface area (Å²) in [6, 6.07) is 5.83. The first-order chi connectivity index (χ1) is 5.61. The van der Waals surface area contributed by atoms with Crippen LogP contribution in [0.15, 0.2) is 29.2 Å². The van der Waals surface area contributed by atoms with Gasteiger partial charge in [-0.1, -0.05) is 12.1 Å². The Morgan fingerprint density at radius 2 is 2.25 bits per heavy atom. The fraction of sp³-hybridized carbons (Fsp3) is 0.125. The second-order valence-corrected chi connectivity index (χ2v) is 2.93. The van der Waals surface area contributed by atoms with E-state index >= 15 is 0 Å². The molecule has 1 atom stereocenters. The van der Waals surface area contributed by atoms with E-state index in [1.54, 1.807) is 24.3 Å². The summed E-state index contributed by atoms with van der Waals surface area (Å²) >= 11 is 4.07. The van der Waals surface area contributed by atoms with Gasteiger partial charge >= 0.3 is 5.97 Å². The van der Waals surface area contributed by atoms with Crippen molar-refractivity contribution in [1.82, 2.24) is 0 Å². The summed E-state index contributed by atoms with van der Waals surface area (Å²) in [5, 5.41) is 8.58. The zero-order valence-electron chi connectivity index (χ0n) is 6.27. The third kappa shape index (κ3) is 1.99. The van der Waals surface area contributed by atoms with Gasteiger partial charge in [0, 0.05) is 4.90 Å². The lowest BCUT2D eigenvalue weighted by Crippen LogP contribution is -2.20. The lowest BCUT2D eigenvalue weighted by Gasteiger charge is -2.06. The van der Waals surface area contributed by atoms with Crippen LogP contribution in [0.25, 0.3) is 0 Å². The third-order valence-corrected chi connectivity index (χ3v) is 1.77. The molecule has 0 radical (unpaired) electrons. The van der Waals surface area contributed by atoms with Gasteiger partial charge in [-0.05, 0) is 17.7 Å². The number of carboxylic acids is 1. The summed E-state index contributed by atoms with van der Waals surface area (Å²) in [4.78, 5) is 11.2. The number of carbonyl (C=O) groups is 1. The topological polar surface area (TPSA) is 63.3 Å². The van der Waals surface area contributed by atoms with Gasteiger partial charge in [-0.3, -0.25) is 4.79 Å². The van der Waals surface area contributed by atoms with E-state index in [4.69, 9.17) is 10.8 Å². The number of hydrogen-bond donors (Lipinski definition) is 3. The first-order valence-electron chi connectivity index (χ1n) is 3.38. The first kappa shape index (κ1) is 9.09. The predicted molar refractivity (Wildman–Crippen MR) is 48.3 cm³/mol. The van der Waals surface area contributed by atoms with E-state index in [2.05, 4.69) is 12.6 Å². The molecular formula is C8H9NO2S. The Kier molecular flexibility index (Phi) is 2.73. The van der Waals surface area contributed by atoms with Gasteiger partial charge in [0.15, 0.2) is 0 Å². The number of benzene rings is 1. The van der Waals surface area contributed by atoms with E-state index in [0.29, 0.717) is 10.5 Å². The van der Waals surface area contributed by atoms with Gasteiger partial charge in [0.25, 0.3) is 0 Å². The van der Waals surface area contributed by atoms with Crippen molar-refractivity contribution in [3.63, 3.8) is 0 Å². The van der Waals surface area contributed by atoms with Gasteiger partial charge in [0.05, 0.1) is 0 Å². The van der Waals surface area contributed by atoms with Gasteiger partial charge in [0.2, 0.25) is 0 Å². The largest absolute Gasteiger partial charge is 0.480 e. The molecule has 0 aromatic heterocycles. The SMILES string of the molecule is N[C@@H](C(=O)O)c1cccc(S)c1. The zero-order valence-corrected chi connectivity index (χ0v) is 7.16. The lowest BCUT2D eigenvalue weighted by atomic mass is 10.1. The summed E-state index contributed by atoms with van der Waals surface area (Å²) in [5.74, 6) is -1.03. The number of hydrogen-bond acceptors (Lipinski definition) is 3. The molecule has 3 N–H and O–H groups in total. The number of thiol groups is 1. The molecule has 64 valence electrons. The number of rotatable bonds is 2. The number of aliphatic carboxylic acids is 1. The molecule has 12 heavy (non-hydrogen) atoms. The van der Waals surface area contributed by atoms with Crippen molar-refractivity contribution in [3.8, 4) is 0 Å². The van der Waals surface area contributed by atoms with Gasteiger partial charge in [-0.2, -0.15) is 0 Å². The molecule has 1 aromatic carbocycles. The summed E-state index contributed by atoms with van der Waals surface area (Å²) in [6.07, 6.45) is 0. The van der Waals surface area contributed by atoms with E-state index in [1.165, 1.54) is 0 Å². The minimum atomic E-state index is -1.03. The van der Waals surface area contributed by atoms with Crippen LogP contribution in [-0.4, -0.2) is 11.1 Å². The maximum atomic E-state index is 10.5. The molecule has 0 fully saturated rings. The van der Waals surface area contributed by atoms with Crippen molar-refractivity contribution in [2.75, 3.05) is 0 Å². The highest BCUT2D eigenvalue weighted by atomic mass is 32.1. The Hall–Kier alpha value is -1.00. The summed E-state index contributed by atoms with van der Waals surface area (Å²) in [5.41, 5.74) is 5.94. The van der Waals surface area contributed by atoms with Crippen molar-refractivity contribution in [2.24, 2.45) is 5.73 Å². The van der Waals surface area contributed by atoms with Crippen LogP contribution in [-0.2, 0) is 4.79 Å². The van der Waals surface area contributed by atoms with Crippen molar-refractivity contribution >= 4 is 18.6 Å². The van der Waals surface area contributed by atoms with Crippen LogP contribution in [0.2, 0.25) is 0 Å². The van der Waals surface area contributed by atoms with E-state index in [9.17, 15) is 4.79 Å². The smallest absolute Gasteiger partial charge is 0.325 e. The Morgan fingerprint density at radius 3 is 2.75 bits per heavy atom.